The molecule has 0 aliphatic carbocycles. The molecule has 0 saturated carbocycles. The first-order chi connectivity index (χ1) is 19.9. The Morgan fingerprint density at radius 1 is 0.786 bits per heavy atom. The van der Waals surface area contributed by atoms with Gasteiger partial charge in [-0.05, 0) is 49.7 Å². The van der Waals surface area contributed by atoms with Crippen LogP contribution in [-0.4, -0.2) is 90.0 Å². The lowest BCUT2D eigenvalue weighted by Gasteiger charge is -2.25. The number of guanidine groups is 2. The number of rotatable bonds is 20. The van der Waals surface area contributed by atoms with E-state index >= 15 is 0 Å². The summed E-state index contributed by atoms with van der Waals surface area (Å²) in [5, 5.41) is 17.5. The molecule has 4 atom stereocenters. The van der Waals surface area contributed by atoms with Crippen molar-refractivity contribution in [1.29, 1.82) is 0 Å². The van der Waals surface area contributed by atoms with Crippen LogP contribution in [0.15, 0.2) is 40.3 Å². The zero-order valence-electron chi connectivity index (χ0n) is 23.8. The third-order valence-corrected chi connectivity index (χ3v) is 6.67. The molecule has 42 heavy (non-hydrogen) atoms. The van der Waals surface area contributed by atoms with Gasteiger partial charge in [-0.15, -0.1) is 0 Å². The maximum absolute atomic E-state index is 13.5. The summed E-state index contributed by atoms with van der Waals surface area (Å²) in [4.78, 5) is 59.1. The van der Waals surface area contributed by atoms with Crippen LogP contribution in [-0.2, 0) is 25.6 Å². The van der Waals surface area contributed by atoms with Crippen molar-refractivity contribution >= 4 is 47.4 Å². The third-order valence-electron chi connectivity index (χ3n) is 6.02. The summed E-state index contributed by atoms with van der Waals surface area (Å²) in [6.45, 7) is 0.404. The van der Waals surface area contributed by atoms with Gasteiger partial charge in [-0.25, -0.2) is 4.79 Å². The van der Waals surface area contributed by atoms with Gasteiger partial charge < -0.3 is 49.7 Å². The highest BCUT2D eigenvalue weighted by Crippen LogP contribution is 2.08. The number of aliphatic carboxylic acids is 1. The number of carboxylic acid groups (broad SMARTS) is 1. The van der Waals surface area contributed by atoms with Crippen molar-refractivity contribution in [2.75, 3.05) is 25.1 Å². The number of aliphatic imine (C=N–C) groups is 2. The first-order valence-electron chi connectivity index (χ1n) is 13.5. The number of benzene rings is 1. The summed E-state index contributed by atoms with van der Waals surface area (Å²) < 4.78 is 0. The van der Waals surface area contributed by atoms with Gasteiger partial charge in [-0.2, -0.15) is 11.8 Å². The maximum Gasteiger partial charge on any atom is 0.326 e. The predicted octanol–water partition coefficient (Wildman–Crippen LogP) is -2.04. The van der Waals surface area contributed by atoms with Gasteiger partial charge in [-0.1, -0.05) is 30.3 Å². The van der Waals surface area contributed by atoms with Gasteiger partial charge in [0.15, 0.2) is 11.9 Å². The Balaban J connectivity index is 3.12. The van der Waals surface area contributed by atoms with Gasteiger partial charge in [0, 0.05) is 19.5 Å². The lowest BCUT2D eigenvalue weighted by atomic mass is 10.0. The molecule has 0 saturated heterocycles. The second kappa shape index (κ2) is 19.9. The zero-order chi connectivity index (χ0) is 31.5. The van der Waals surface area contributed by atoms with Crippen LogP contribution in [0.1, 0.15) is 37.7 Å². The van der Waals surface area contributed by atoms with Crippen LogP contribution in [0.2, 0.25) is 0 Å². The van der Waals surface area contributed by atoms with E-state index in [0.717, 1.165) is 5.56 Å². The van der Waals surface area contributed by atoms with E-state index in [2.05, 4.69) is 25.9 Å². The Bertz CT molecular complexity index is 1060. The SMILES string of the molecule is CSCCC(N)C(=O)NC(CCCN=C(N)N)C(=O)NC(Cc1ccccc1)C(=O)NC(CCCN=C(N)N)C(=O)O. The first kappa shape index (κ1) is 36.0. The fraction of sp³-hybridized carbons (Fsp3) is 0.538. The second-order valence-corrected chi connectivity index (χ2v) is 10.5. The molecule has 0 aromatic heterocycles. The minimum Gasteiger partial charge on any atom is -0.480 e. The van der Waals surface area contributed by atoms with Crippen molar-refractivity contribution in [1.82, 2.24) is 16.0 Å². The summed E-state index contributed by atoms with van der Waals surface area (Å²) in [7, 11) is 0. The van der Waals surface area contributed by atoms with Gasteiger partial charge in [-0.3, -0.25) is 24.4 Å². The Hall–Kier alpha value is -4.05. The van der Waals surface area contributed by atoms with E-state index < -0.39 is 47.9 Å². The fourth-order valence-corrected chi connectivity index (χ4v) is 4.28. The number of carbonyl (C=O) groups excluding carboxylic acids is 3. The molecule has 0 aliphatic rings. The van der Waals surface area contributed by atoms with Crippen LogP contribution < -0.4 is 44.6 Å². The Labute approximate surface area is 249 Å². The van der Waals surface area contributed by atoms with E-state index in [1.165, 1.54) is 11.8 Å². The Morgan fingerprint density at radius 2 is 1.29 bits per heavy atom. The molecule has 1 aromatic carbocycles. The van der Waals surface area contributed by atoms with E-state index in [1.54, 1.807) is 30.3 Å². The summed E-state index contributed by atoms with van der Waals surface area (Å²) in [6.07, 6.45) is 3.23. The van der Waals surface area contributed by atoms with Gasteiger partial charge in [0.05, 0.1) is 6.04 Å². The lowest BCUT2D eigenvalue weighted by Crippen LogP contribution is -2.57. The predicted molar refractivity (Wildman–Crippen MR) is 164 cm³/mol. The third kappa shape index (κ3) is 15.1. The smallest absolute Gasteiger partial charge is 0.326 e. The molecular formula is C26H44N10O5S. The quantitative estimate of drug-likeness (QED) is 0.0441. The summed E-state index contributed by atoms with van der Waals surface area (Å²) in [6, 6.07) is 4.63. The highest BCUT2D eigenvalue weighted by molar-refractivity contribution is 7.98. The van der Waals surface area contributed by atoms with Gasteiger partial charge in [0.1, 0.15) is 18.1 Å². The average Bonchev–Trinajstić information content (AvgIpc) is 2.94. The molecule has 0 heterocycles. The molecule has 0 aliphatic heterocycles. The van der Waals surface area contributed by atoms with Gasteiger partial charge in [0.25, 0.3) is 0 Å². The number of amides is 3. The van der Waals surface area contributed by atoms with Crippen LogP contribution in [0.25, 0.3) is 0 Å². The standard InChI is InChI=1S/C26H44N10O5S/c1-42-14-11-17(27)21(37)34-18(9-5-12-32-25(28)29)22(38)36-20(15-16-7-3-2-4-8-16)23(39)35-19(24(40)41)10-6-13-33-26(30)31/h2-4,7-8,17-20H,5-6,9-15,27H2,1H3,(H,34,37)(H,35,39)(H,36,38)(H,40,41)(H4,28,29,32)(H4,30,31,33). The van der Waals surface area contributed by atoms with Crippen LogP contribution in [0.3, 0.4) is 0 Å². The molecule has 15 nitrogen and oxygen atoms in total. The largest absolute Gasteiger partial charge is 0.480 e. The molecule has 234 valence electrons. The van der Waals surface area contributed by atoms with E-state index in [0.29, 0.717) is 25.0 Å². The topological polar surface area (TPSA) is 279 Å². The Morgan fingerprint density at radius 3 is 1.81 bits per heavy atom. The molecule has 1 rings (SSSR count). The molecule has 0 spiro atoms. The summed E-state index contributed by atoms with van der Waals surface area (Å²) in [5.74, 6) is -2.67. The molecule has 14 N–H and O–H groups in total. The van der Waals surface area contributed by atoms with Crippen LogP contribution in [0, 0.1) is 0 Å². The molecule has 0 bridgehead atoms. The van der Waals surface area contributed by atoms with Crippen LogP contribution in [0.4, 0.5) is 0 Å². The van der Waals surface area contributed by atoms with E-state index in [1.807, 2.05) is 6.26 Å². The van der Waals surface area contributed by atoms with E-state index in [9.17, 15) is 24.3 Å². The second-order valence-electron chi connectivity index (χ2n) is 9.50. The summed E-state index contributed by atoms with van der Waals surface area (Å²) >= 11 is 1.54. The van der Waals surface area contributed by atoms with Crippen molar-refractivity contribution in [3.63, 3.8) is 0 Å². The number of nitrogens with zero attached hydrogens (tertiary/aromatic N) is 2. The highest BCUT2D eigenvalue weighted by Gasteiger charge is 2.30. The highest BCUT2D eigenvalue weighted by atomic mass is 32.2. The number of carbonyl (C=O) groups is 4. The molecule has 16 heteroatoms. The van der Waals surface area contributed by atoms with Crippen molar-refractivity contribution in [2.24, 2.45) is 38.7 Å². The van der Waals surface area contributed by atoms with Gasteiger partial charge >= 0.3 is 5.97 Å². The maximum atomic E-state index is 13.5. The number of nitrogens with one attached hydrogen (secondary N) is 3. The Kier molecular flexibility index (Phi) is 17.1. The molecule has 0 fully saturated rings. The zero-order valence-corrected chi connectivity index (χ0v) is 24.6. The number of thioether (sulfide) groups is 1. The van der Waals surface area contributed by atoms with E-state index in [-0.39, 0.29) is 44.3 Å². The van der Waals surface area contributed by atoms with Crippen molar-refractivity contribution < 1.29 is 24.3 Å². The molecular weight excluding hydrogens is 564 g/mol. The molecule has 4 unspecified atom stereocenters. The number of hydrogen-bond donors (Lipinski definition) is 9. The first-order valence-corrected chi connectivity index (χ1v) is 14.9. The normalized spacial score (nSPS) is 13.5. The van der Waals surface area contributed by atoms with Crippen molar-refractivity contribution in [3.05, 3.63) is 35.9 Å². The van der Waals surface area contributed by atoms with Crippen molar-refractivity contribution in [2.45, 2.75) is 62.7 Å². The average molecular weight is 609 g/mol. The minimum atomic E-state index is -1.25. The lowest BCUT2D eigenvalue weighted by molar-refractivity contribution is -0.142. The fourth-order valence-electron chi connectivity index (χ4n) is 3.79. The monoisotopic (exact) mass is 608 g/mol. The number of hydrogen-bond acceptors (Lipinski definition) is 8. The van der Waals surface area contributed by atoms with Crippen LogP contribution in [0.5, 0.6) is 0 Å². The van der Waals surface area contributed by atoms with Gasteiger partial charge in [0.2, 0.25) is 17.7 Å². The van der Waals surface area contributed by atoms with Crippen molar-refractivity contribution in [3.8, 4) is 0 Å². The van der Waals surface area contributed by atoms with E-state index in [4.69, 9.17) is 28.7 Å². The molecule has 1 aromatic rings. The number of nitrogens with two attached hydrogens (primary N) is 5. The minimum absolute atomic E-state index is 0.0568. The molecule has 3 amide bonds. The van der Waals surface area contributed by atoms with Crippen LogP contribution >= 0.6 is 11.8 Å². The number of carboxylic acids is 1. The summed E-state index contributed by atoms with van der Waals surface area (Å²) in [5.41, 5.74) is 28.1. The molecule has 0 radical (unpaired) electrons.